The average molecular weight is 425 g/mol. The highest BCUT2D eigenvalue weighted by molar-refractivity contribution is 7.99. The summed E-state index contributed by atoms with van der Waals surface area (Å²) < 4.78 is 1.90. The van der Waals surface area contributed by atoms with E-state index >= 15 is 0 Å². The summed E-state index contributed by atoms with van der Waals surface area (Å²) in [6.45, 7) is 5.75. The first-order valence-electron chi connectivity index (χ1n) is 9.66. The number of aromatic nitrogens is 4. The molecule has 0 radical (unpaired) electrons. The lowest BCUT2D eigenvalue weighted by Crippen LogP contribution is -2.43. The highest BCUT2D eigenvalue weighted by atomic mass is 32.2. The lowest BCUT2D eigenvalue weighted by atomic mass is 10.1. The topological polar surface area (TPSA) is 102 Å². The first-order valence-corrected chi connectivity index (χ1v) is 10.6. The maximum absolute atomic E-state index is 12.2. The molecule has 2 N–H and O–H groups in total. The molecule has 0 saturated heterocycles. The van der Waals surface area contributed by atoms with Gasteiger partial charge in [-0.1, -0.05) is 30.8 Å². The van der Waals surface area contributed by atoms with Gasteiger partial charge in [-0.2, -0.15) is 0 Å². The summed E-state index contributed by atoms with van der Waals surface area (Å²) in [5.41, 5.74) is 2.98. The third-order valence-electron chi connectivity index (χ3n) is 4.18. The summed E-state index contributed by atoms with van der Waals surface area (Å²) in [6, 6.07) is 11.3. The molecule has 0 aliphatic carbocycles. The molecule has 0 bridgehead atoms. The minimum Gasteiger partial charge on any atom is -0.336 e. The molecular weight excluding hydrogens is 400 g/mol. The van der Waals surface area contributed by atoms with Gasteiger partial charge in [-0.05, 0) is 50.1 Å². The van der Waals surface area contributed by atoms with Gasteiger partial charge in [-0.3, -0.25) is 19.7 Å². The fourth-order valence-corrected chi connectivity index (χ4v) is 3.51. The van der Waals surface area contributed by atoms with Crippen LogP contribution in [0.2, 0.25) is 0 Å². The van der Waals surface area contributed by atoms with Crippen LogP contribution in [0, 0.1) is 0 Å². The second-order valence-corrected chi connectivity index (χ2v) is 7.80. The second-order valence-electron chi connectivity index (χ2n) is 6.86. The van der Waals surface area contributed by atoms with Gasteiger partial charge in [0.1, 0.15) is 0 Å². The van der Waals surface area contributed by atoms with Gasteiger partial charge in [-0.25, -0.2) is 4.79 Å². The van der Waals surface area contributed by atoms with Crippen molar-refractivity contribution in [3.63, 3.8) is 0 Å². The number of benzene rings is 1. The van der Waals surface area contributed by atoms with Gasteiger partial charge in [0.2, 0.25) is 5.91 Å². The zero-order chi connectivity index (χ0) is 21.5. The van der Waals surface area contributed by atoms with Crippen LogP contribution in [0.1, 0.15) is 26.3 Å². The normalized spacial score (nSPS) is 10.8. The number of thioether (sulfide) groups is 1. The number of carbonyl (C=O) groups is 2. The SMILES string of the molecule is CCc1ccc(-n2c(SCC(=O)NC(=O)NC(C)C)nnc2-c2ccncc2)cc1. The zero-order valence-electron chi connectivity index (χ0n) is 17.1. The highest BCUT2D eigenvalue weighted by Gasteiger charge is 2.18. The molecule has 0 fully saturated rings. The molecular formula is C21H24N6O2S. The molecule has 8 nitrogen and oxygen atoms in total. The molecule has 0 atom stereocenters. The smallest absolute Gasteiger partial charge is 0.321 e. The standard InChI is InChI=1S/C21H24N6O2S/c1-4-15-5-7-17(8-6-15)27-19(16-9-11-22-12-10-16)25-26-21(27)30-13-18(28)24-20(29)23-14(2)3/h5-12,14H,4,13H2,1-3H3,(H2,23,24,28,29). The number of hydrogen-bond acceptors (Lipinski definition) is 6. The summed E-state index contributed by atoms with van der Waals surface area (Å²) in [6.07, 6.45) is 4.34. The minimum absolute atomic E-state index is 0.0348. The number of hydrogen-bond donors (Lipinski definition) is 2. The molecule has 9 heteroatoms. The molecule has 0 spiro atoms. The Morgan fingerprint density at radius 2 is 1.77 bits per heavy atom. The number of nitrogens with zero attached hydrogens (tertiary/aromatic N) is 4. The van der Waals surface area contributed by atoms with Crippen molar-refractivity contribution in [2.45, 2.75) is 38.4 Å². The number of urea groups is 1. The maximum atomic E-state index is 12.2. The number of amides is 3. The third-order valence-corrected chi connectivity index (χ3v) is 5.11. The fraction of sp³-hybridized carbons (Fsp3) is 0.286. The number of nitrogens with one attached hydrogen (secondary N) is 2. The maximum Gasteiger partial charge on any atom is 0.321 e. The molecule has 156 valence electrons. The van der Waals surface area contributed by atoms with Gasteiger partial charge < -0.3 is 5.32 Å². The van der Waals surface area contributed by atoms with Crippen molar-refractivity contribution in [3.8, 4) is 17.1 Å². The summed E-state index contributed by atoms with van der Waals surface area (Å²) in [5.74, 6) is 0.286. The quantitative estimate of drug-likeness (QED) is 0.565. The van der Waals surface area contributed by atoms with Crippen LogP contribution in [0.3, 0.4) is 0 Å². The van der Waals surface area contributed by atoms with Gasteiger partial charge >= 0.3 is 6.03 Å². The van der Waals surface area contributed by atoms with Gasteiger partial charge in [0.15, 0.2) is 11.0 Å². The van der Waals surface area contributed by atoms with E-state index in [1.165, 1.54) is 17.3 Å². The Balaban J connectivity index is 1.84. The van der Waals surface area contributed by atoms with Crippen molar-refractivity contribution in [1.82, 2.24) is 30.4 Å². The van der Waals surface area contributed by atoms with Crippen molar-refractivity contribution < 1.29 is 9.59 Å². The zero-order valence-corrected chi connectivity index (χ0v) is 17.9. The van der Waals surface area contributed by atoms with Crippen molar-refractivity contribution >= 4 is 23.7 Å². The molecule has 2 heterocycles. The number of aryl methyl sites for hydroxylation is 1. The molecule has 0 saturated carbocycles. The fourth-order valence-electron chi connectivity index (χ4n) is 2.76. The second kappa shape index (κ2) is 10.0. The van der Waals surface area contributed by atoms with E-state index in [1.807, 2.05) is 42.7 Å². The Morgan fingerprint density at radius 1 is 1.07 bits per heavy atom. The van der Waals surface area contributed by atoms with Crippen molar-refractivity contribution in [2.75, 3.05) is 5.75 Å². The van der Waals surface area contributed by atoms with Crippen LogP contribution in [0.15, 0.2) is 53.9 Å². The predicted octanol–water partition coefficient (Wildman–Crippen LogP) is 3.22. The summed E-state index contributed by atoms with van der Waals surface area (Å²) in [7, 11) is 0. The summed E-state index contributed by atoms with van der Waals surface area (Å²) >= 11 is 1.22. The number of imide groups is 1. The van der Waals surface area contributed by atoms with Crippen molar-refractivity contribution in [2.24, 2.45) is 0 Å². The Hall–Kier alpha value is -3.20. The molecule has 0 unspecified atom stereocenters. The lowest BCUT2D eigenvalue weighted by molar-refractivity contribution is -0.117. The first-order chi connectivity index (χ1) is 14.5. The van der Waals surface area contributed by atoms with Crippen LogP contribution in [0.5, 0.6) is 0 Å². The molecule has 3 aromatic rings. The molecule has 3 amide bonds. The van der Waals surface area contributed by atoms with E-state index < -0.39 is 11.9 Å². The monoisotopic (exact) mass is 424 g/mol. The molecule has 0 aliphatic heterocycles. The largest absolute Gasteiger partial charge is 0.336 e. The van der Waals surface area contributed by atoms with E-state index in [0.717, 1.165) is 17.7 Å². The Labute approximate surface area is 179 Å². The minimum atomic E-state index is -0.510. The molecule has 1 aromatic carbocycles. The highest BCUT2D eigenvalue weighted by Crippen LogP contribution is 2.27. The van der Waals surface area contributed by atoms with Crippen molar-refractivity contribution in [1.29, 1.82) is 0 Å². The van der Waals surface area contributed by atoms with E-state index in [9.17, 15) is 9.59 Å². The van der Waals surface area contributed by atoms with E-state index in [1.54, 1.807) is 12.4 Å². The lowest BCUT2D eigenvalue weighted by Gasteiger charge is -2.11. The van der Waals surface area contributed by atoms with E-state index in [2.05, 4.69) is 44.9 Å². The van der Waals surface area contributed by atoms with E-state index in [-0.39, 0.29) is 11.8 Å². The van der Waals surface area contributed by atoms with Gasteiger partial charge in [-0.15, -0.1) is 10.2 Å². The van der Waals surface area contributed by atoms with Gasteiger partial charge in [0, 0.05) is 29.7 Å². The van der Waals surface area contributed by atoms with Crippen LogP contribution in [0.4, 0.5) is 4.79 Å². The van der Waals surface area contributed by atoms with Crippen LogP contribution < -0.4 is 10.6 Å². The Bertz CT molecular complexity index is 1000. The van der Waals surface area contributed by atoms with Crippen LogP contribution in [-0.4, -0.2) is 43.5 Å². The predicted molar refractivity (Wildman–Crippen MR) is 117 cm³/mol. The Morgan fingerprint density at radius 3 is 2.40 bits per heavy atom. The first kappa shape index (κ1) is 21.5. The summed E-state index contributed by atoms with van der Waals surface area (Å²) in [4.78, 5) is 27.9. The average Bonchev–Trinajstić information content (AvgIpc) is 3.16. The van der Waals surface area contributed by atoms with E-state index in [0.29, 0.717) is 11.0 Å². The van der Waals surface area contributed by atoms with Crippen molar-refractivity contribution in [3.05, 3.63) is 54.4 Å². The Kier molecular flexibility index (Phi) is 7.18. The molecule has 30 heavy (non-hydrogen) atoms. The van der Waals surface area contributed by atoms with Gasteiger partial charge in [0.05, 0.1) is 5.75 Å². The third kappa shape index (κ3) is 5.44. The molecule has 3 rings (SSSR count). The van der Waals surface area contributed by atoms with Crippen LogP contribution in [0.25, 0.3) is 17.1 Å². The number of rotatable bonds is 7. The van der Waals surface area contributed by atoms with E-state index in [4.69, 9.17) is 0 Å². The molecule has 2 aromatic heterocycles. The number of pyridine rings is 1. The summed E-state index contributed by atoms with van der Waals surface area (Å²) in [5, 5.41) is 14.1. The van der Waals surface area contributed by atoms with Crippen LogP contribution in [-0.2, 0) is 11.2 Å². The molecule has 0 aliphatic rings. The van der Waals surface area contributed by atoms with Crippen LogP contribution >= 0.6 is 11.8 Å². The van der Waals surface area contributed by atoms with Gasteiger partial charge in [0.25, 0.3) is 0 Å². The number of carbonyl (C=O) groups excluding carboxylic acids is 2.